The maximum absolute atomic E-state index is 15.0. The van der Waals surface area contributed by atoms with E-state index in [2.05, 4.69) is 21.3 Å². The fourth-order valence-corrected chi connectivity index (χ4v) is 11.6. The van der Waals surface area contributed by atoms with Gasteiger partial charge in [-0.3, -0.25) is 52.7 Å². The number of nitrogens with one attached hydrogen (secondary N) is 4. The lowest BCUT2D eigenvalue weighted by atomic mass is 9.94. The second-order valence-electron chi connectivity index (χ2n) is 26.9. The number of hydrogen-bond donors (Lipinski definition) is 7. The number of fused-ring (bicyclic) bond motifs is 1. The Morgan fingerprint density at radius 3 is 1.24 bits per heavy atom. The Morgan fingerprint density at radius 2 is 0.820 bits per heavy atom. The summed E-state index contributed by atoms with van der Waals surface area (Å²) in [5.41, 5.74) is 0. The van der Waals surface area contributed by atoms with Crippen LogP contribution in [0.2, 0.25) is 0 Å². The van der Waals surface area contributed by atoms with Gasteiger partial charge in [-0.2, -0.15) is 0 Å². The molecule has 0 saturated carbocycles. The summed E-state index contributed by atoms with van der Waals surface area (Å²) in [6.07, 6.45) is -4.11. The highest BCUT2D eigenvalue weighted by Crippen LogP contribution is 2.26. The van der Waals surface area contributed by atoms with E-state index in [4.69, 9.17) is 4.74 Å². The topological polar surface area (TPSA) is 346 Å². The van der Waals surface area contributed by atoms with Crippen LogP contribution in [0, 0.1) is 41.4 Å². The Labute approximate surface area is 527 Å². The van der Waals surface area contributed by atoms with Gasteiger partial charge >= 0.3 is 5.97 Å². The molecule has 0 aromatic carbocycles. The third-order valence-corrected chi connectivity index (χ3v) is 16.9. The number of ether oxygens (including phenoxy) is 1. The minimum Gasteiger partial charge on any atom is -0.451 e. The Balaban J connectivity index is 2.95. The van der Waals surface area contributed by atoms with Crippen LogP contribution in [-0.4, -0.2) is 261 Å². The van der Waals surface area contributed by atoms with Gasteiger partial charge in [-0.25, -0.2) is 4.79 Å². The number of amides is 11. The minimum absolute atomic E-state index is 0.000744. The SMILES string of the molecule is CC(C)CC1OC(=O)[C@H](C)N(C)C(=O)[C@H](CC(C)C)N(C)C(=O)[C@H](C(C)C)N(C)C(=O)[C@H](C(C)C)N(C)C(=O)[C@H](C(C)C)NC(=O)[C@H]([C@@H](C)O)N(C)C(=O)[C@H](CO)NC(=O)[C@H]([C@@H](C)O)N(C)C(=O)[C@H](C(C)C)NC(=O)[C@@H]2CCCN2C(=O)[C@H](C(C)C)NC1=O. The predicted molar refractivity (Wildman–Crippen MR) is 331 cm³/mol. The standard InChI is InChI=1S/C62H109N11O16/c1-30(2)27-42-56(82)67(18)37(15)62(88)89-43(28-31(3)4)52(78)65-46(34(9)10)59(85)73-26-24-25-41(73)51(77)64-44(32(5)6)58(84)72(23)49(38(16)75)53(79)63-40(29-74)55(81)71(22)50(39(17)76)54(80)66-45(33(7)8)57(83)69(20)48(36(13)14)61(87)70(21)47(35(11)12)60(86)68(42)19/h30-50,74-76H,24-29H2,1-23H3,(H,63,79)(H,64,77)(H,65,78)(H,66,80)/t37-,38+,39+,40-,41-,42-,43?,44-,45-,46-,47-,48-,49-,50-/m0/s1. The number of esters is 1. The molecule has 27 nitrogen and oxygen atoms in total. The molecule has 2 aliphatic rings. The smallest absolute Gasteiger partial charge is 0.329 e. The van der Waals surface area contributed by atoms with Crippen LogP contribution in [0.5, 0.6) is 0 Å². The highest BCUT2D eigenvalue weighted by atomic mass is 16.5. The van der Waals surface area contributed by atoms with Gasteiger partial charge in [0, 0.05) is 48.8 Å². The number of aliphatic hydroxyl groups excluding tert-OH is 3. The summed E-state index contributed by atoms with van der Waals surface area (Å²) in [5, 5.41) is 43.2. The van der Waals surface area contributed by atoms with E-state index in [1.807, 2.05) is 13.8 Å². The van der Waals surface area contributed by atoms with Gasteiger partial charge in [0.1, 0.15) is 66.5 Å². The Kier molecular flexibility index (Phi) is 30.1. The highest BCUT2D eigenvalue weighted by Gasteiger charge is 2.47. The van der Waals surface area contributed by atoms with Crippen LogP contribution in [0.25, 0.3) is 0 Å². The van der Waals surface area contributed by atoms with Crippen molar-refractivity contribution in [2.24, 2.45) is 41.4 Å². The van der Waals surface area contributed by atoms with Crippen LogP contribution in [0.3, 0.4) is 0 Å². The zero-order valence-electron chi connectivity index (χ0n) is 57.1. The molecule has 1 unspecified atom stereocenters. The lowest BCUT2D eigenvalue weighted by Gasteiger charge is -2.41. The Morgan fingerprint density at radius 1 is 0.438 bits per heavy atom. The minimum atomic E-state index is -1.85. The summed E-state index contributed by atoms with van der Waals surface area (Å²) in [7, 11) is 7.86. The van der Waals surface area contributed by atoms with Gasteiger partial charge in [0.25, 0.3) is 5.91 Å². The second-order valence-corrected chi connectivity index (χ2v) is 26.9. The molecule has 0 radical (unpaired) electrons. The van der Waals surface area contributed by atoms with Gasteiger partial charge in [0.05, 0.1) is 18.8 Å². The molecule has 508 valence electrons. The number of hydrogen-bond acceptors (Lipinski definition) is 16. The number of carbonyl (C=O) groups is 12. The van der Waals surface area contributed by atoms with E-state index in [-0.39, 0.29) is 37.6 Å². The third-order valence-electron chi connectivity index (χ3n) is 16.9. The van der Waals surface area contributed by atoms with E-state index < -0.39 is 192 Å². The van der Waals surface area contributed by atoms with Crippen LogP contribution in [0.1, 0.15) is 143 Å². The first kappa shape index (κ1) is 78.6. The third kappa shape index (κ3) is 19.8. The van der Waals surface area contributed by atoms with E-state index in [1.165, 1.54) is 70.7 Å². The lowest BCUT2D eigenvalue weighted by Crippen LogP contribution is -2.64. The van der Waals surface area contributed by atoms with Crippen LogP contribution in [-0.2, 0) is 62.3 Å². The summed E-state index contributed by atoms with van der Waals surface area (Å²) >= 11 is 0. The second kappa shape index (κ2) is 34.1. The molecule has 2 saturated heterocycles. The van der Waals surface area contributed by atoms with Gasteiger partial charge in [-0.1, -0.05) is 96.9 Å². The quantitative estimate of drug-likeness (QED) is 0.126. The largest absolute Gasteiger partial charge is 0.451 e. The van der Waals surface area contributed by atoms with E-state index in [0.29, 0.717) is 6.42 Å². The molecule has 2 aliphatic heterocycles. The van der Waals surface area contributed by atoms with Crippen molar-refractivity contribution >= 4 is 70.9 Å². The number of carbonyl (C=O) groups excluding carboxylic acids is 12. The van der Waals surface area contributed by atoms with E-state index >= 15 is 0 Å². The van der Waals surface area contributed by atoms with Crippen molar-refractivity contribution in [1.29, 1.82) is 0 Å². The summed E-state index contributed by atoms with van der Waals surface area (Å²) in [4.78, 5) is 182. The van der Waals surface area contributed by atoms with Gasteiger partial charge in [-0.05, 0) is 87.9 Å². The van der Waals surface area contributed by atoms with Gasteiger partial charge in [0.2, 0.25) is 59.1 Å². The molecule has 27 heteroatoms. The molecule has 0 spiro atoms. The number of cyclic esters (lactones) is 1. The zero-order chi connectivity index (χ0) is 68.9. The molecule has 11 amide bonds. The summed E-state index contributed by atoms with van der Waals surface area (Å²) in [6.45, 7) is 26.7. The van der Waals surface area contributed by atoms with Gasteiger partial charge in [0.15, 0.2) is 6.10 Å². The van der Waals surface area contributed by atoms with Crippen molar-refractivity contribution in [2.45, 2.75) is 228 Å². The number of likely N-dealkylation sites (N-methyl/N-ethyl adjacent to an activating group) is 6. The van der Waals surface area contributed by atoms with Crippen LogP contribution in [0.15, 0.2) is 0 Å². The average molecular weight is 1260 g/mol. The summed E-state index contributed by atoms with van der Waals surface area (Å²) < 4.78 is 5.91. The molecule has 0 aromatic rings. The van der Waals surface area contributed by atoms with Gasteiger partial charge < -0.3 is 75.6 Å². The first-order valence-electron chi connectivity index (χ1n) is 31.3. The van der Waals surface area contributed by atoms with E-state index in [9.17, 15) is 72.9 Å². The predicted octanol–water partition coefficient (Wildman–Crippen LogP) is -0.0500. The highest BCUT2D eigenvalue weighted by molar-refractivity contribution is 6.00. The fraction of sp³-hybridized carbons (Fsp3) is 0.806. The van der Waals surface area contributed by atoms with E-state index in [1.54, 1.807) is 83.1 Å². The maximum atomic E-state index is 15.0. The van der Waals surface area contributed by atoms with Crippen molar-refractivity contribution in [2.75, 3.05) is 55.4 Å². The Hall–Kier alpha value is -6.48. The first-order valence-corrected chi connectivity index (χ1v) is 31.3. The summed E-state index contributed by atoms with van der Waals surface area (Å²) in [5.74, 6) is -13.5. The van der Waals surface area contributed by atoms with E-state index in [0.717, 1.165) is 26.6 Å². The molecule has 0 aromatic heterocycles. The normalized spacial score (nSPS) is 28.8. The molecule has 2 fully saturated rings. The molecule has 7 N–H and O–H groups in total. The monoisotopic (exact) mass is 1260 g/mol. The molecule has 89 heavy (non-hydrogen) atoms. The average Bonchev–Trinajstić information content (AvgIpc) is 2.23. The molecular weight excluding hydrogens is 1150 g/mol. The molecule has 14 atom stereocenters. The number of rotatable bonds is 12. The molecule has 2 rings (SSSR count). The molecule has 2 heterocycles. The van der Waals surface area contributed by atoms with Crippen LogP contribution >= 0.6 is 0 Å². The first-order chi connectivity index (χ1) is 41.0. The van der Waals surface area contributed by atoms with Crippen molar-refractivity contribution in [3.05, 3.63) is 0 Å². The lowest BCUT2D eigenvalue weighted by molar-refractivity contribution is -0.165. The Bertz CT molecular complexity index is 2510. The van der Waals surface area contributed by atoms with Crippen molar-refractivity contribution in [3.63, 3.8) is 0 Å². The number of nitrogens with zero attached hydrogens (tertiary/aromatic N) is 7. The molecule has 0 bridgehead atoms. The van der Waals surface area contributed by atoms with Crippen LogP contribution < -0.4 is 21.3 Å². The van der Waals surface area contributed by atoms with Crippen molar-refractivity contribution < 1.29 is 77.6 Å². The van der Waals surface area contributed by atoms with Crippen LogP contribution in [0.4, 0.5) is 0 Å². The zero-order valence-corrected chi connectivity index (χ0v) is 57.1. The fourth-order valence-electron chi connectivity index (χ4n) is 11.6. The van der Waals surface area contributed by atoms with Crippen molar-refractivity contribution in [1.82, 2.24) is 55.6 Å². The maximum Gasteiger partial charge on any atom is 0.329 e. The molecule has 0 aliphatic carbocycles. The molecular formula is C62H109N11O16. The summed E-state index contributed by atoms with van der Waals surface area (Å²) in [6, 6.07) is -15.5. The van der Waals surface area contributed by atoms with Gasteiger partial charge in [-0.15, -0.1) is 0 Å². The van der Waals surface area contributed by atoms with Crippen molar-refractivity contribution in [3.8, 4) is 0 Å². The number of aliphatic hydroxyl groups is 3.